The average molecular weight is 206 g/mol. The van der Waals surface area contributed by atoms with Gasteiger partial charge in [-0.05, 0) is 43.4 Å². The van der Waals surface area contributed by atoms with E-state index >= 15 is 0 Å². The number of carboxylic acids is 1. The van der Waals surface area contributed by atoms with Crippen LogP contribution in [0.5, 0.6) is 5.75 Å². The van der Waals surface area contributed by atoms with Gasteiger partial charge in [0.1, 0.15) is 5.75 Å². The SMILES string of the molecule is CC1(C(=O)O)CCCc2c(O)cccc21. The Morgan fingerprint density at radius 2 is 2.20 bits per heavy atom. The Labute approximate surface area is 88.4 Å². The van der Waals surface area contributed by atoms with Crippen molar-refractivity contribution in [2.75, 3.05) is 0 Å². The van der Waals surface area contributed by atoms with E-state index in [9.17, 15) is 15.0 Å². The fraction of sp³-hybridized carbons (Fsp3) is 0.417. The molecule has 15 heavy (non-hydrogen) atoms. The number of fused-ring (bicyclic) bond motifs is 1. The zero-order chi connectivity index (χ0) is 11.1. The van der Waals surface area contributed by atoms with Gasteiger partial charge in [-0.2, -0.15) is 0 Å². The van der Waals surface area contributed by atoms with Crippen molar-refractivity contribution in [1.82, 2.24) is 0 Å². The first-order chi connectivity index (χ1) is 7.05. The first-order valence-corrected chi connectivity index (χ1v) is 5.10. The second-order valence-corrected chi connectivity index (χ2v) is 4.29. The lowest BCUT2D eigenvalue weighted by Crippen LogP contribution is -2.36. The molecule has 3 nitrogen and oxygen atoms in total. The minimum Gasteiger partial charge on any atom is -0.508 e. The molecule has 0 bridgehead atoms. The van der Waals surface area contributed by atoms with Gasteiger partial charge in [0.15, 0.2) is 0 Å². The number of carboxylic acid groups (broad SMARTS) is 1. The van der Waals surface area contributed by atoms with Gasteiger partial charge in [0, 0.05) is 0 Å². The Hall–Kier alpha value is -1.51. The summed E-state index contributed by atoms with van der Waals surface area (Å²) in [6, 6.07) is 5.13. The highest BCUT2D eigenvalue weighted by Crippen LogP contribution is 2.40. The molecule has 0 heterocycles. The zero-order valence-corrected chi connectivity index (χ0v) is 8.66. The van der Waals surface area contributed by atoms with Crippen LogP contribution in [0.1, 0.15) is 30.9 Å². The molecular weight excluding hydrogens is 192 g/mol. The second-order valence-electron chi connectivity index (χ2n) is 4.29. The third-order valence-electron chi connectivity index (χ3n) is 3.32. The fourth-order valence-electron chi connectivity index (χ4n) is 2.33. The molecule has 80 valence electrons. The van der Waals surface area contributed by atoms with Gasteiger partial charge in [-0.3, -0.25) is 4.79 Å². The summed E-state index contributed by atoms with van der Waals surface area (Å²) in [6.45, 7) is 1.73. The van der Waals surface area contributed by atoms with Crippen LogP contribution < -0.4 is 0 Å². The van der Waals surface area contributed by atoms with Crippen molar-refractivity contribution < 1.29 is 15.0 Å². The van der Waals surface area contributed by atoms with Crippen LogP contribution >= 0.6 is 0 Å². The molecule has 1 atom stereocenters. The normalized spacial score (nSPS) is 24.6. The first kappa shape index (κ1) is 10.0. The predicted octanol–water partition coefficient (Wildman–Crippen LogP) is 2.07. The molecule has 1 aliphatic carbocycles. The van der Waals surface area contributed by atoms with Gasteiger partial charge in [-0.15, -0.1) is 0 Å². The Bertz CT molecular complexity index is 411. The van der Waals surface area contributed by atoms with Crippen LogP contribution in [0.25, 0.3) is 0 Å². The van der Waals surface area contributed by atoms with Crippen LogP contribution in [0.4, 0.5) is 0 Å². The van der Waals surface area contributed by atoms with Gasteiger partial charge in [0.05, 0.1) is 5.41 Å². The van der Waals surface area contributed by atoms with E-state index in [1.165, 1.54) is 0 Å². The first-order valence-electron chi connectivity index (χ1n) is 5.10. The molecule has 1 aromatic carbocycles. The standard InChI is InChI=1S/C12H14O3/c1-12(11(14)15)7-3-4-8-9(12)5-2-6-10(8)13/h2,5-6,13H,3-4,7H2,1H3,(H,14,15). The summed E-state index contributed by atoms with van der Waals surface area (Å²) in [6.07, 6.45) is 2.22. The van der Waals surface area contributed by atoms with E-state index in [4.69, 9.17) is 0 Å². The third kappa shape index (κ3) is 1.39. The van der Waals surface area contributed by atoms with Crippen molar-refractivity contribution in [2.45, 2.75) is 31.6 Å². The van der Waals surface area contributed by atoms with Crippen molar-refractivity contribution in [2.24, 2.45) is 0 Å². The molecule has 3 heteroatoms. The highest BCUT2D eigenvalue weighted by molar-refractivity contribution is 5.82. The van der Waals surface area contributed by atoms with E-state index < -0.39 is 11.4 Å². The van der Waals surface area contributed by atoms with Crippen LogP contribution in [0.15, 0.2) is 18.2 Å². The maximum atomic E-state index is 11.3. The molecule has 0 saturated heterocycles. The lowest BCUT2D eigenvalue weighted by atomic mass is 9.71. The number of hydrogen-bond acceptors (Lipinski definition) is 2. The van der Waals surface area contributed by atoms with E-state index in [1.807, 2.05) is 6.07 Å². The van der Waals surface area contributed by atoms with Crippen LogP contribution in [0.3, 0.4) is 0 Å². The molecule has 0 aromatic heterocycles. The van der Waals surface area contributed by atoms with E-state index in [-0.39, 0.29) is 5.75 Å². The molecule has 0 fully saturated rings. The van der Waals surface area contributed by atoms with Crippen LogP contribution in [-0.2, 0) is 16.6 Å². The van der Waals surface area contributed by atoms with Gasteiger partial charge >= 0.3 is 5.97 Å². The summed E-state index contributed by atoms with van der Waals surface area (Å²) >= 11 is 0. The van der Waals surface area contributed by atoms with Gasteiger partial charge in [-0.1, -0.05) is 12.1 Å². The van der Waals surface area contributed by atoms with Gasteiger partial charge in [0.2, 0.25) is 0 Å². The molecule has 1 aromatic rings. The smallest absolute Gasteiger partial charge is 0.313 e. The monoisotopic (exact) mass is 206 g/mol. The van der Waals surface area contributed by atoms with Crippen molar-refractivity contribution in [3.63, 3.8) is 0 Å². The van der Waals surface area contributed by atoms with E-state index in [1.54, 1.807) is 19.1 Å². The molecule has 0 saturated carbocycles. The van der Waals surface area contributed by atoms with Crippen LogP contribution in [-0.4, -0.2) is 16.2 Å². The largest absolute Gasteiger partial charge is 0.508 e. The topological polar surface area (TPSA) is 57.5 Å². The second kappa shape index (κ2) is 3.26. The average Bonchev–Trinajstić information content (AvgIpc) is 2.20. The number of rotatable bonds is 1. The highest BCUT2D eigenvalue weighted by atomic mass is 16.4. The van der Waals surface area contributed by atoms with Gasteiger partial charge < -0.3 is 10.2 Å². The summed E-state index contributed by atoms with van der Waals surface area (Å²) < 4.78 is 0. The molecule has 0 spiro atoms. The number of aromatic hydroxyl groups is 1. The van der Waals surface area contributed by atoms with E-state index in [0.29, 0.717) is 6.42 Å². The summed E-state index contributed by atoms with van der Waals surface area (Å²) in [5.41, 5.74) is 0.724. The van der Waals surface area contributed by atoms with Crippen molar-refractivity contribution in [3.8, 4) is 5.75 Å². The Morgan fingerprint density at radius 3 is 2.87 bits per heavy atom. The lowest BCUT2D eigenvalue weighted by Gasteiger charge is -2.32. The number of phenolic OH excluding ortho intramolecular Hbond substituents is 1. The van der Waals surface area contributed by atoms with Crippen LogP contribution in [0, 0.1) is 0 Å². The number of carbonyl (C=O) groups is 1. The van der Waals surface area contributed by atoms with Crippen molar-refractivity contribution >= 4 is 5.97 Å². The predicted molar refractivity (Wildman–Crippen MR) is 56.0 cm³/mol. The highest BCUT2D eigenvalue weighted by Gasteiger charge is 2.39. The molecule has 0 radical (unpaired) electrons. The van der Waals surface area contributed by atoms with Crippen LogP contribution in [0.2, 0.25) is 0 Å². The number of phenols is 1. The molecule has 1 unspecified atom stereocenters. The summed E-state index contributed by atoms with van der Waals surface area (Å²) in [5, 5.41) is 18.9. The Morgan fingerprint density at radius 1 is 1.47 bits per heavy atom. The zero-order valence-electron chi connectivity index (χ0n) is 8.66. The lowest BCUT2D eigenvalue weighted by molar-refractivity contribution is -0.143. The van der Waals surface area contributed by atoms with Gasteiger partial charge in [-0.25, -0.2) is 0 Å². The number of hydrogen-bond donors (Lipinski definition) is 2. The molecule has 1 aliphatic rings. The number of aliphatic carboxylic acids is 1. The summed E-state index contributed by atoms with van der Waals surface area (Å²) in [5.74, 6) is -0.589. The maximum Gasteiger partial charge on any atom is 0.313 e. The third-order valence-corrected chi connectivity index (χ3v) is 3.32. The minimum absolute atomic E-state index is 0.222. The molecule has 0 aliphatic heterocycles. The minimum atomic E-state index is -0.841. The molecule has 0 amide bonds. The van der Waals surface area contributed by atoms with E-state index in [0.717, 1.165) is 24.0 Å². The molecule has 2 N–H and O–H groups in total. The summed E-state index contributed by atoms with van der Waals surface area (Å²) in [4.78, 5) is 11.3. The fourth-order valence-corrected chi connectivity index (χ4v) is 2.33. The number of benzene rings is 1. The van der Waals surface area contributed by atoms with E-state index in [2.05, 4.69) is 0 Å². The molecular formula is C12H14O3. The Balaban J connectivity index is 2.61. The van der Waals surface area contributed by atoms with Crippen molar-refractivity contribution in [1.29, 1.82) is 0 Å². The Kier molecular flexibility index (Phi) is 2.18. The molecule has 2 rings (SSSR count). The summed E-state index contributed by atoms with van der Waals surface area (Å²) in [7, 11) is 0. The maximum absolute atomic E-state index is 11.3. The van der Waals surface area contributed by atoms with Crippen molar-refractivity contribution in [3.05, 3.63) is 29.3 Å². The quantitative estimate of drug-likeness (QED) is 0.739. The van der Waals surface area contributed by atoms with Gasteiger partial charge in [0.25, 0.3) is 0 Å².